The van der Waals surface area contributed by atoms with E-state index in [-0.39, 0.29) is 12.2 Å². The molecule has 0 aliphatic carbocycles. The van der Waals surface area contributed by atoms with E-state index in [1.165, 1.54) is 16.7 Å². The van der Waals surface area contributed by atoms with Crippen LogP contribution in [-0.4, -0.2) is 0 Å². The molecule has 0 fully saturated rings. The van der Waals surface area contributed by atoms with Gasteiger partial charge in [0.1, 0.15) is 12.2 Å². The molecule has 0 saturated heterocycles. The second kappa shape index (κ2) is 1.99. The third-order valence-electron chi connectivity index (χ3n) is 2.61. The van der Waals surface area contributed by atoms with Gasteiger partial charge >= 0.3 is 0 Å². The van der Waals surface area contributed by atoms with Gasteiger partial charge in [-0.05, 0) is 18.1 Å². The largest absolute Gasteiger partial charge is 0.357 e. The average molecular weight is 158 g/mol. The summed E-state index contributed by atoms with van der Waals surface area (Å²) in [6.07, 6.45) is 4.77. The van der Waals surface area contributed by atoms with Crippen LogP contribution in [0.25, 0.3) is 0 Å². The van der Waals surface area contributed by atoms with Crippen molar-refractivity contribution in [2.45, 2.75) is 19.1 Å². The zero-order chi connectivity index (χ0) is 8.13. The first-order chi connectivity index (χ1) is 5.84. The summed E-state index contributed by atoms with van der Waals surface area (Å²) in [5.74, 6) is 0. The average Bonchev–Trinajstić information content (AvgIpc) is 2.63. The number of ether oxygens (including phenoxy) is 1. The maximum atomic E-state index is 5.69. The Bertz CT molecular complexity index is 365. The normalized spacial score (nSPS) is 29.4. The highest BCUT2D eigenvalue weighted by Crippen LogP contribution is 2.45. The van der Waals surface area contributed by atoms with Crippen LogP contribution in [0, 0.1) is 6.92 Å². The van der Waals surface area contributed by atoms with Crippen LogP contribution in [0.15, 0.2) is 30.4 Å². The molecule has 1 nitrogen and oxygen atoms in total. The second-order valence-electron chi connectivity index (χ2n) is 3.49. The molecule has 0 aromatic heterocycles. The molecule has 2 bridgehead atoms. The lowest BCUT2D eigenvalue weighted by molar-refractivity contribution is 0.0878. The van der Waals surface area contributed by atoms with Gasteiger partial charge in [0.25, 0.3) is 0 Å². The summed E-state index contributed by atoms with van der Waals surface area (Å²) in [5, 5.41) is 0. The summed E-state index contributed by atoms with van der Waals surface area (Å²) in [6, 6.07) is 6.55. The number of hydrogen-bond donors (Lipinski definition) is 0. The molecule has 2 heterocycles. The molecular formula is C11H10O. The fraction of sp³-hybridized carbons (Fsp3) is 0.273. The molecule has 1 aromatic carbocycles. The third-order valence-corrected chi connectivity index (χ3v) is 2.61. The highest BCUT2D eigenvalue weighted by atomic mass is 16.5. The summed E-state index contributed by atoms with van der Waals surface area (Å²) in [5.41, 5.74) is 4.04. The van der Waals surface area contributed by atoms with Crippen LogP contribution >= 0.6 is 0 Å². The molecule has 1 aromatic rings. The van der Waals surface area contributed by atoms with Gasteiger partial charge in [0.15, 0.2) is 0 Å². The monoisotopic (exact) mass is 158 g/mol. The lowest BCUT2D eigenvalue weighted by Crippen LogP contribution is -1.92. The van der Waals surface area contributed by atoms with E-state index in [9.17, 15) is 0 Å². The zero-order valence-corrected chi connectivity index (χ0v) is 6.95. The maximum absolute atomic E-state index is 5.69. The topological polar surface area (TPSA) is 9.23 Å². The molecule has 0 radical (unpaired) electrons. The predicted molar refractivity (Wildman–Crippen MR) is 46.9 cm³/mol. The summed E-state index contributed by atoms with van der Waals surface area (Å²) in [6.45, 7) is 2.12. The third kappa shape index (κ3) is 0.669. The molecule has 60 valence electrons. The molecule has 2 unspecified atom stereocenters. The minimum Gasteiger partial charge on any atom is -0.357 e. The van der Waals surface area contributed by atoms with Crippen molar-refractivity contribution in [3.8, 4) is 0 Å². The Hall–Kier alpha value is -1.08. The van der Waals surface area contributed by atoms with E-state index in [0.29, 0.717) is 0 Å². The Labute approximate surface area is 71.7 Å². The number of fused-ring (bicyclic) bond motifs is 5. The molecule has 2 aliphatic rings. The van der Waals surface area contributed by atoms with Crippen molar-refractivity contribution in [3.63, 3.8) is 0 Å². The number of aryl methyl sites for hydroxylation is 1. The van der Waals surface area contributed by atoms with Crippen molar-refractivity contribution in [3.05, 3.63) is 47.0 Å². The SMILES string of the molecule is Cc1ccc2c(c1)C1C=CC2O1. The zero-order valence-electron chi connectivity index (χ0n) is 6.95. The molecule has 1 heteroatoms. The standard InChI is InChI=1S/C11H10O/c1-7-2-3-8-9(6-7)11-5-4-10(8)12-11/h2-6,10-11H,1H3. The van der Waals surface area contributed by atoms with E-state index in [0.717, 1.165) is 0 Å². The van der Waals surface area contributed by atoms with Gasteiger partial charge < -0.3 is 4.74 Å². The van der Waals surface area contributed by atoms with Crippen LogP contribution in [0.2, 0.25) is 0 Å². The van der Waals surface area contributed by atoms with E-state index in [2.05, 4.69) is 37.3 Å². The van der Waals surface area contributed by atoms with Gasteiger partial charge in [-0.15, -0.1) is 0 Å². The van der Waals surface area contributed by atoms with Gasteiger partial charge in [-0.2, -0.15) is 0 Å². The first-order valence-corrected chi connectivity index (χ1v) is 4.29. The van der Waals surface area contributed by atoms with Crippen molar-refractivity contribution in [2.75, 3.05) is 0 Å². The minimum absolute atomic E-state index is 0.241. The van der Waals surface area contributed by atoms with Crippen LogP contribution in [0.4, 0.5) is 0 Å². The molecule has 0 spiro atoms. The molecule has 0 saturated carbocycles. The Morgan fingerprint density at radius 2 is 1.83 bits per heavy atom. The van der Waals surface area contributed by atoms with Gasteiger partial charge in [-0.3, -0.25) is 0 Å². The van der Waals surface area contributed by atoms with E-state index >= 15 is 0 Å². The maximum Gasteiger partial charge on any atom is 0.102 e. The van der Waals surface area contributed by atoms with Crippen LogP contribution < -0.4 is 0 Å². The van der Waals surface area contributed by atoms with Gasteiger partial charge in [-0.25, -0.2) is 0 Å². The van der Waals surface area contributed by atoms with Crippen LogP contribution in [-0.2, 0) is 4.74 Å². The van der Waals surface area contributed by atoms with Gasteiger partial charge in [0.05, 0.1) is 0 Å². The summed E-state index contributed by atoms with van der Waals surface area (Å²) >= 11 is 0. The van der Waals surface area contributed by atoms with Crippen LogP contribution in [0.5, 0.6) is 0 Å². The van der Waals surface area contributed by atoms with Crippen LogP contribution in [0.1, 0.15) is 28.9 Å². The predicted octanol–water partition coefficient (Wildman–Crippen LogP) is 2.68. The second-order valence-corrected chi connectivity index (χ2v) is 3.49. The molecule has 0 N–H and O–H groups in total. The van der Waals surface area contributed by atoms with E-state index in [4.69, 9.17) is 4.74 Å². The first kappa shape index (κ1) is 6.44. The lowest BCUT2D eigenvalue weighted by atomic mass is 9.95. The Balaban J connectivity index is 2.24. The number of benzene rings is 1. The Morgan fingerprint density at radius 3 is 2.67 bits per heavy atom. The van der Waals surface area contributed by atoms with Gasteiger partial charge in [-0.1, -0.05) is 35.9 Å². The molecule has 2 aliphatic heterocycles. The summed E-state index contributed by atoms with van der Waals surface area (Å²) < 4.78 is 5.69. The molecule has 12 heavy (non-hydrogen) atoms. The van der Waals surface area contributed by atoms with Crippen molar-refractivity contribution in [1.29, 1.82) is 0 Å². The van der Waals surface area contributed by atoms with Crippen molar-refractivity contribution >= 4 is 0 Å². The summed E-state index contributed by atoms with van der Waals surface area (Å²) in [7, 11) is 0. The molecule has 3 rings (SSSR count). The van der Waals surface area contributed by atoms with E-state index in [1.807, 2.05) is 0 Å². The fourth-order valence-electron chi connectivity index (χ4n) is 2.00. The smallest absolute Gasteiger partial charge is 0.102 e. The van der Waals surface area contributed by atoms with Crippen molar-refractivity contribution in [2.24, 2.45) is 0 Å². The minimum atomic E-state index is 0.241. The van der Waals surface area contributed by atoms with Crippen molar-refractivity contribution < 1.29 is 4.74 Å². The Kier molecular flexibility index (Phi) is 1.07. The quantitative estimate of drug-likeness (QED) is 0.527. The van der Waals surface area contributed by atoms with Gasteiger partial charge in [0, 0.05) is 0 Å². The lowest BCUT2D eigenvalue weighted by Gasteiger charge is -2.06. The van der Waals surface area contributed by atoms with E-state index < -0.39 is 0 Å². The summed E-state index contributed by atoms with van der Waals surface area (Å²) in [4.78, 5) is 0. The number of rotatable bonds is 0. The van der Waals surface area contributed by atoms with Crippen molar-refractivity contribution in [1.82, 2.24) is 0 Å². The highest BCUT2D eigenvalue weighted by molar-refractivity contribution is 5.44. The molecule has 0 amide bonds. The van der Waals surface area contributed by atoms with Gasteiger partial charge in [0.2, 0.25) is 0 Å². The molecule has 2 atom stereocenters. The molecular weight excluding hydrogens is 148 g/mol. The fourth-order valence-corrected chi connectivity index (χ4v) is 2.00. The van der Waals surface area contributed by atoms with Crippen LogP contribution in [0.3, 0.4) is 0 Å². The highest BCUT2D eigenvalue weighted by Gasteiger charge is 2.32. The first-order valence-electron chi connectivity index (χ1n) is 4.29. The Morgan fingerprint density at radius 1 is 1.08 bits per heavy atom. The number of hydrogen-bond acceptors (Lipinski definition) is 1. The van der Waals surface area contributed by atoms with E-state index in [1.54, 1.807) is 0 Å².